The van der Waals surface area contributed by atoms with E-state index in [2.05, 4.69) is 4.98 Å². The summed E-state index contributed by atoms with van der Waals surface area (Å²) < 4.78 is 4.82. The van der Waals surface area contributed by atoms with Crippen LogP contribution < -0.4 is 0 Å². The van der Waals surface area contributed by atoms with Gasteiger partial charge in [-0.3, -0.25) is 20.2 Å². The topological polar surface area (TPSA) is 112 Å². The van der Waals surface area contributed by atoms with Crippen molar-refractivity contribution in [2.75, 3.05) is 0 Å². The number of hydrogen-bond acceptors (Lipinski definition) is 7. The summed E-state index contributed by atoms with van der Waals surface area (Å²) >= 11 is 0.830. The molecule has 0 bridgehead atoms. The lowest BCUT2D eigenvalue weighted by Gasteiger charge is -1.89. The highest BCUT2D eigenvalue weighted by molar-refractivity contribution is 7.13. The first-order valence-corrected chi connectivity index (χ1v) is 4.80. The lowest BCUT2D eigenvalue weighted by molar-refractivity contribution is -0.401. The van der Waals surface area contributed by atoms with Crippen LogP contribution in [0.5, 0.6) is 0 Å². The maximum absolute atomic E-state index is 10.6. The highest BCUT2D eigenvalue weighted by Crippen LogP contribution is 2.34. The summed E-state index contributed by atoms with van der Waals surface area (Å²) in [5, 5.41) is 20.8. The molecule has 0 fully saturated rings. The van der Waals surface area contributed by atoms with Crippen LogP contribution in [0.4, 0.5) is 10.9 Å². The van der Waals surface area contributed by atoms with Crippen molar-refractivity contribution in [2.24, 2.45) is 0 Å². The highest BCUT2D eigenvalue weighted by atomic mass is 32.1. The summed E-state index contributed by atoms with van der Waals surface area (Å²) in [5.41, 5.74) is 1.28. The van der Waals surface area contributed by atoms with Crippen molar-refractivity contribution in [1.82, 2.24) is 4.98 Å². The molecule has 2 rings (SSSR count). The molecule has 0 spiro atoms. The minimum atomic E-state index is -0.721. The smallest absolute Gasteiger partial charge is 0.399 e. The zero-order valence-corrected chi connectivity index (χ0v) is 8.34. The monoisotopic (exact) mass is 241 g/mol. The molecule has 2 aromatic heterocycles. The zero-order valence-electron chi connectivity index (χ0n) is 7.52. The van der Waals surface area contributed by atoms with E-state index < -0.39 is 15.7 Å². The minimum absolute atomic E-state index is 0.00287. The Bertz CT molecular complexity index is 560. The lowest BCUT2D eigenvalue weighted by Crippen LogP contribution is -1.87. The molecule has 0 aromatic carbocycles. The fraction of sp³-hybridized carbons (Fsp3) is 0. The molecule has 8 nitrogen and oxygen atoms in total. The number of aromatic nitrogens is 1. The van der Waals surface area contributed by atoms with Crippen molar-refractivity contribution < 1.29 is 14.3 Å². The van der Waals surface area contributed by atoms with E-state index in [1.807, 2.05) is 0 Å². The first-order chi connectivity index (χ1) is 7.59. The van der Waals surface area contributed by atoms with Crippen molar-refractivity contribution in [3.63, 3.8) is 0 Å². The number of furan rings is 1. The normalized spacial score (nSPS) is 10.2. The summed E-state index contributed by atoms with van der Waals surface area (Å²) in [6.45, 7) is 0. The third kappa shape index (κ3) is 1.63. The van der Waals surface area contributed by atoms with Crippen LogP contribution >= 0.6 is 11.3 Å². The maximum atomic E-state index is 10.6. The molecule has 2 aromatic rings. The Morgan fingerprint density at radius 3 is 2.56 bits per heavy atom. The molecular weight excluding hydrogens is 238 g/mol. The average molecular weight is 241 g/mol. The molecule has 0 aliphatic rings. The van der Waals surface area contributed by atoms with Gasteiger partial charge in [0.05, 0.1) is 16.5 Å². The Morgan fingerprint density at radius 1 is 1.25 bits per heavy atom. The van der Waals surface area contributed by atoms with Crippen molar-refractivity contribution in [2.45, 2.75) is 0 Å². The standard InChI is InChI=1S/C7H3N3O5S/c11-9(12)5-2-1-4(15-5)6-7(10(13)14)16-3-8-6/h1-3H. The van der Waals surface area contributed by atoms with Crippen molar-refractivity contribution in [3.8, 4) is 11.5 Å². The Kier molecular flexibility index (Phi) is 2.37. The molecule has 2 heterocycles. The van der Waals surface area contributed by atoms with Crippen LogP contribution in [0.1, 0.15) is 0 Å². The van der Waals surface area contributed by atoms with Gasteiger partial charge in [-0.2, -0.15) is 0 Å². The number of rotatable bonds is 3. The molecule has 0 amide bonds. The number of nitrogens with zero attached hydrogens (tertiary/aromatic N) is 3. The van der Waals surface area contributed by atoms with Crippen LogP contribution in [0.2, 0.25) is 0 Å². The molecular formula is C7H3N3O5S. The van der Waals surface area contributed by atoms with Crippen LogP contribution in [0.3, 0.4) is 0 Å². The quantitative estimate of drug-likeness (QED) is 0.601. The van der Waals surface area contributed by atoms with E-state index in [9.17, 15) is 20.2 Å². The maximum Gasteiger partial charge on any atom is 0.433 e. The Morgan fingerprint density at radius 2 is 2.00 bits per heavy atom. The number of hydrogen-bond donors (Lipinski definition) is 0. The fourth-order valence-electron chi connectivity index (χ4n) is 1.09. The molecule has 0 saturated carbocycles. The SMILES string of the molecule is O=[N+]([O-])c1ccc(-c2ncsc2[N+](=O)[O-])o1. The Hall–Kier alpha value is -2.29. The van der Waals surface area contributed by atoms with Crippen molar-refractivity contribution >= 4 is 22.2 Å². The summed E-state index contributed by atoms with van der Waals surface area (Å²) in [4.78, 5) is 23.4. The molecule has 0 aliphatic carbocycles. The van der Waals surface area contributed by atoms with Gasteiger partial charge >= 0.3 is 10.9 Å². The van der Waals surface area contributed by atoms with Gasteiger partial charge in [0, 0.05) is 0 Å². The van der Waals surface area contributed by atoms with Gasteiger partial charge < -0.3 is 4.42 Å². The van der Waals surface area contributed by atoms with Crippen LogP contribution in [-0.2, 0) is 0 Å². The van der Waals surface area contributed by atoms with E-state index in [-0.39, 0.29) is 16.5 Å². The van der Waals surface area contributed by atoms with Crippen molar-refractivity contribution in [3.05, 3.63) is 37.9 Å². The Labute approximate surface area is 91.4 Å². The first kappa shape index (κ1) is 10.2. The molecule has 0 N–H and O–H groups in total. The number of nitro groups is 2. The second kappa shape index (κ2) is 3.70. The lowest BCUT2D eigenvalue weighted by atomic mass is 10.3. The van der Waals surface area contributed by atoms with Gasteiger partial charge in [0.25, 0.3) is 0 Å². The molecule has 0 saturated heterocycles. The van der Waals surface area contributed by atoms with E-state index in [1.54, 1.807) is 0 Å². The van der Waals surface area contributed by atoms with E-state index in [4.69, 9.17) is 4.42 Å². The molecule has 0 atom stereocenters. The predicted molar refractivity (Wildman–Crippen MR) is 53.1 cm³/mol. The van der Waals surface area contributed by atoms with Gasteiger partial charge in [0.2, 0.25) is 0 Å². The molecule has 9 heteroatoms. The first-order valence-electron chi connectivity index (χ1n) is 3.92. The summed E-state index contributed by atoms with van der Waals surface area (Å²) in [5.74, 6) is -0.461. The molecule has 82 valence electrons. The third-order valence-corrected chi connectivity index (χ3v) is 2.50. The molecule has 0 radical (unpaired) electrons. The van der Waals surface area contributed by atoms with E-state index in [0.717, 1.165) is 17.4 Å². The average Bonchev–Trinajstić information content (AvgIpc) is 2.86. The number of thiazole rings is 1. The zero-order chi connectivity index (χ0) is 11.7. The molecule has 0 unspecified atom stereocenters. The predicted octanol–water partition coefficient (Wildman–Crippen LogP) is 2.22. The second-order valence-electron chi connectivity index (χ2n) is 2.66. The summed E-state index contributed by atoms with van der Waals surface area (Å²) in [6, 6.07) is 2.40. The van der Waals surface area contributed by atoms with Gasteiger partial charge in [-0.15, -0.1) is 0 Å². The van der Waals surface area contributed by atoms with Crippen LogP contribution in [0, 0.1) is 20.2 Å². The molecule has 0 aliphatic heterocycles. The van der Waals surface area contributed by atoms with Gasteiger partial charge in [-0.05, 0) is 17.4 Å². The van der Waals surface area contributed by atoms with Gasteiger partial charge in [0.1, 0.15) is 4.92 Å². The van der Waals surface area contributed by atoms with E-state index >= 15 is 0 Å². The summed E-state index contributed by atoms with van der Waals surface area (Å²) in [6.07, 6.45) is 0. The van der Waals surface area contributed by atoms with Crippen molar-refractivity contribution in [1.29, 1.82) is 0 Å². The van der Waals surface area contributed by atoms with Gasteiger partial charge in [-0.1, -0.05) is 0 Å². The third-order valence-electron chi connectivity index (χ3n) is 1.72. The van der Waals surface area contributed by atoms with Crippen LogP contribution in [-0.4, -0.2) is 14.8 Å². The largest absolute Gasteiger partial charge is 0.433 e. The van der Waals surface area contributed by atoms with E-state index in [1.165, 1.54) is 11.6 Å². The minimum Gasteiger partial charge on any atom is -0.399 e. The summed E-state index contributed by atoms with van der Waals surface area (Å²) in [7, 11) is 0. The van der Waals surface area contributed by atoms with Gasteiger partial charge in [-0.25, -0.2) is 4.98 Å². The molecule has 16 heavy (non-hydrogen) atoms. The van der Waals surface area contributed by atoms with Gasteiger partial charge in [0.15, 0.2) is 11.5 Å². The van der Waals surface area contributed by atoms with E-state index in [0.29, 0.717) is 0 Å². The van der Waals surface area contributed by atoms with Crippen LogP contribution in [0.15, 0.2) is 22.1 Å². The van der Waals surface area contributed by atoms with Crippen LogP contribution in [0.25, 0.3) is 11.5 Å². The second-order valence-corrected chi connectivity index (χ2v) is 3.49. The fourth-order valence-corrected chi connectivity index (χ4v) is 1.70. The Balaban J connectivity index is 2.46. The highest BCUT2D eigenvalue weighted by Gasteiger charge is 2.23.